The van der Waals surface area contributed by atoms with Gasteiger partial charge >= 0.3 is 0 Å². The van der Waals surface area contributed by atoms with Gasteiger partial charge < -0.3 is 10.5 Å². The Bertz CT molecular complexity index is 490. The Morgan fingerprint density at radius 3 is 2.94 bits per heavy atom. The first-order chi connectivity index (χ1) is 7.99. The van der Waals surface area contributed by atoms with Gasteiger partial charge in [0, 0.05) is 25.9 Å². The summed E-state index contributed by atoms with van der Waals surface area (Å²) >= 11 is 0. The van der Waals surface area contributed by atoms with Gasteiger partial charge in [-0.05, 0) is 12.8 Å². The lowest BCUT2D eigenvalue weighted by atomic mass is 10.1. The highest BCUT2D eigenvalue weighted by molar-refractivity contribution is 7.89. The fourth-order valence-electron chi connectivity index (χ4n) is 1.81. The van der Waals surface area contributed by atoms with Crippen molar-refractivity contribution < 1.29 is 13.2 Å². The van der Waals surface area contributed by atoms with Crippen LogP contribution < -0.4 is 10.5 Å². The Balaban J connectivity index is 2.15. The molecular formula is C9H16N4O3S. The van der Waals surface area contributed by atoms with E-state index < -0.39 is 10.0 Å². The minimum absolute atomic E-state index is 0.0109. The van der Waals surface area contributed by atoms with Gasteiger partial charge in [0.25, 0.3) is 0 Å². The van der Waals surface area contributed by atoms with Gasteiger partial charge in [-0.25, -0.2) is 13.1 Å². The van der Waals surface area contributed by atoms with Crippen LogP contribution in [0.2, 0.25) is 0 Å². The average molecular weight is 260 g/mol. The van der Waals surface area contributed by atoms with Crippen molar-refractivity contribution in [1.82, 2.24) is 14.5 Å². The number of nitrogens with two attached hydrogens (primary N) is 1. The van der Waals surface area contributed by atoms with Crippen LogP contribution in [0.5, 0.6) is 0 Å². The zero-order valence-electron chi connectivity index (χ0n) is 9.59. The maximum absolute atomic E-state index is 12.0. The number of hydrogen-bond donors (Lipinski definition) is 2. The number of hydrogen-bond acceptors (Lipinski definition) is 5. The summed E-state index contributed by atoms with van der Waals surface area (Å²) in [6.07, 6.45) is 3.02. The largest absolute Gasteiger partial charge is 0.381 e. The van der Waals surface area contributed by atoms with Crippen molar-refractivity contribution in [2.75, 3.05) is 18.9 Å². The van der Waals surface area contributed by atoms with Crippen LogP contribution >= 0.6 is 0 Å². The predicted molar refractivity (Wildman–Crippen MR) is 61.8 cm³/mol. The number of nitrogens with one attached hydrogen (secondary N) is 1. The van der Waals surface area contributed by atoms with Crippen LogP contribution in [0.15, 0.2) is 11.1 Å². The monoisotopic (exact) mass is 260 g/mol. The maximum Gasteiger partial charge on any atom is 0.246 e. The van der Waals surface area contributed by atoms with Crippen molar-refractivity contribution in [2.45, 2.75) is 23.8 Å². The second-order valence-electron chi connectivity index (χ2n) is 4.09. The van der Waals surface area contributed by atoms with Crippen molar-refractivity contribution in [3.05, 3.63) is 6.20 Å². The van der Waals surface area contributed by atoms with E-state index in [0.717, 1.165) is 12.8 Å². The smallest absolute Gasteiger partial charge is 0.246 e. The van der Waals surface area contributed by atoms with E-state index in [1.165, 1.54) is 10.9 Å². The standard InChI is InChI=1S/C9H16N4O3S/c1-13-5-8(9(10)11-13)17(14,15)12-7-3-2-4-16-6-7/h5,7,12H,2-4,6H2,1H3,(H2,10,11). The van der Waals surface area contributed by atoms with E-state index in [2.05, 4.69) is 9.82 Å². The molecule has 1 aromatic heterocycles. The van der Waals surface area contributed by atoms with E-state index in [4.69, 9.17) is 10.5 Å². The molecule has 0 amide bonds. The quantitative estimate of drug-likeness (QED) is 0.760. The molecule has 1 aromatic rings. The lowest BCUT2D eigenvalue weighted by Gasteiger charge is -2.22. The molecule has 0 aromatic carbocycles. The Kier molecular flexibility index (Phi) is 3.36. The summed E-state index contributed by atoms with van der Waals surface area (Å²) in [6.45, 7) is 1.09. The zero-order valence-corrected chi connectivity index (χ0v) is 10.4. The van der Waals surface area contributed by atoms with Gasteiger partial charge in [-0.1, -0.05) is 0 Å². The third-order valence-corrected chi connectivity index (χ3v) is 4.13. The highest BCUT2D eigenvalue weighted by Gasteiger charge is 2.25. The topological polar surface area (TPSA) is 99.2 Å². The van der Waals surface area contributed by atoms with Gasteiger partial charge in [0.15, 0.2) is 5.82 Å². The molecule has 0 spiro atoms. The third kappa shape index (κ3) is 2.76. The second-order valence-corrected chi connectivity index (χ2v) is 5.77. The summed E-state index contributed by atoms with van der Waals surface area (Å²) in [5, 5.41) is 3.81. The van der Waals surface area contributed by atoms with Crippen molar-refractivity contribution in [3.63, 3.8) is 0 Å². The van der Waals surface area contributed by atoms with Crippen molar-refractivity contribution >= 4 is 15.8 Å². The fraction of sp³-hybridized carbons (Fsp3) is 0.667. The zero-order chi connectivity index (χ0) is 12.5. The van der Waals surface area contributed by atoms with Crippen molar-refractivity contribution in [1.29, 1.82) is 0 Å². The van der Waals surface area contributed by atoms with E-state index in [9.17, 15) is 8.42 Å². The van der Waals surface area contributed by atoms with Crippen LogP contribution in [0.3, 0.4) is 0 Å². The summed E-state index contributed by atoms with van der Waals surface area (Å²) in [5.74, 6) is 0.0109. The molecule has 1 aliphatic rings. The molecule has 2 rings (SSSR count). The summed E-state index contributed by atoms with van der Waals surface area (Å²) in [7, 11) is -1.98. The Morgan fingerprint density at radius 1 is 1.65 bits per heavy atom. The third-order valence-electron chi connectivity index (χ3n) is 2.59. The van der Waals surface area contributed by atoms with Crippen LogP contribution in [-0.4, -0.2) is 37.5 Å². The lowest BCUT2D eigenvalue weighted by Crippen LogP contribution is -2.40. The van der Waals surface area contributed by atoms with Gasteiger partial charge in [0.1, 0.15) is 4.90 Å². The molecule has 1 atom stereocenters. The van der Waals surface area contributed by atoms with Crippen LogP contribution in [-0.2, 0) is 21.8 Å². The minimum atomic E-state index is -3.61. The van der Waals surface area contributed by atoms with E-state index in [-0.39, 0.29) is 16.8 Å². The van der Waals surface area contributed by atoms with Crippen molar-refractivity contribution in [3.8, 4) is 0 Å². The van der Waals surface area contributed by atoms with E-state index >= 15 is 0 Å². The molecule has 17 heavy (non-hydrogen) atoms. The molecular weight excluding hydrogens is 244 g/mol. The van der Waals surface area contributed by atoms with E-state index in [0.29, 0.717) is 13.2 Å². The van der Waals surface area contributed by atoms with E-state index in [1.807, 2.05) is 0 Å². The predicted octanol–water partition coefficient (Wildman–Crippen LogP) is -0.540. The Hall–Kier alpha value is -1.12. The normalized spacial score (nSPS) is 21.6. The molecule has 1 unspecified atom stereocenters. The van der Waals surface area contributed by atoms with Gasteiger partial charge in [0.2, 0.25) is 10.0 Å². The maximum atomic E-state index is 12.0. The Morgan fingerprint density at radius 2 is 2.41 bits per heavy atom. The first kappa shape index (κ1) is 12.3. The molecule has 2 heterocycles. The number of aromatic nitrogens is 2. The summed E-state index contributed by atoms with van der Waals surface area (Å²) in [5.41, 5.74) is 5.55. The summed E-state index contributed by atoms with van der Waals surface area (Å²) < 4.78 is 33.2. The number of sulfonamides is 1. The summed E-state index contributed by atoms with van der Waals surface area (Å²) in [6, 6.07) is -0.187. The molecule has 7 nitrogen and oxygen atoms in total. The van der Waals surface area contributed by atoms with Crippen molar-refractivity contribution in [2.24, 2.45) is 7.05 Å². The highest BCUT2D eigenvalue weighted by Crippen LogP contribution is 2.17. The first-order valence-electron chi connectivity index (χ1n) is 5.38. The minimum Gasteiger partial charge on any atom is -0.381 e. The van der Waals surface area contributed by atoms with Gasteiger partial charge in [-0.3, -0.25) is 4.68 Å². The molecule has 1 saturated heterocycles. The molecule has 1 aliphatic heterocycles. The molecule has 1 fully saturated rings. The van der Waals surface area contributed by atoms with Crippen LogP contribution in [0, 0.1) is 0 Å². The Labute approximate surface area is 100.0 Å². The van der Waals surface area contributed by atoms with Crippen LogP contribution in [0.4, 0.5) is 5.82 Å². The first-order valence-corrected chi connectivity index (χ1v) is 6.86. The average Bonchev–Trinajstić information content (AvgIpc) is 2.59. The van der Waals surface area contributed by atoms with Gasteiger partial charge in [0.05, 0.1) is 6.61 Å². The van der Waals surface area contributed by atoms with Crippen LogP contribution in [0.1, 0.15) is 12.8 Å². The fourth-order valence-corrected chi connectivity index (χ4v) is 3.17. The second kappa shape index (κ2) is 4.63. The number of nitrogen functional groups attached to an aromatic ring is 1. The summed E-state index contributed by atoms with van der Waals surface area (Å²) in [4.78, 5) is 0.0190. The lowest BCUT2D eigenvalue weighted by molar-refractivity contribution is 0.0774. The number of aryl methyl sites for hydroxylation is 1. The molecule has 0 radical (unpaired) electrons. The molecule has 0 bridgehead atoms. The highest BCUT2D eigenvalue weighted by atomic mass is 32.2. The number of rotatable bonds is 3. The molecule has 8 heteroatoms. The van der Waals surface area contributed by atoms with E-state index in [1.54, 1.807) is 7.05 Å². The van der Waals surface area contributed by atoms with Gasteiger partial charge in [-0.2, -0.15) is 5.10 Å². The number of ether oxygens (including phenoxy) is 1. The molecule has 0 saturated carbocycles. The molecule has 3 N–H and O–H groups in total. The number of anilines is 1. The molecule has 0 aliphatic carbocycles. The SMILES string of the molecule is Cn1cc(S(=O)(=O)NC2CCCOC2)c(N)n1. The number of nitrogens with zero attached hydrogens (tertiary/aromatic N) is 2. The van der Waals surface area contributed by atoms with Crippen LogP contribution in [0.25, 0.3) is 0 Å². The molecule has 96 valence electrons. The van der Waals surface area contributed by atoms with Gasteiger partial charge in [-0.15, -0.1) is 0 Å².